The van der Waals surface area contributed by atoms with Crippen LogP contribution in [0.5, 0.6) is 5.75 Å². The van der Waals surface area contributed by atoms with Gasteiger partial charge in [-0.25, -0.2) is 0 Å². The maximum Gasteiger partial charge on any atom is 0.265 e. The van der Waals surface area contributed by atoms with E-state index in [-0.39, 0.29) is 5.91 Å². The standard InChI is InChI=1S/C16H15Br2NO2/c1-10-5-3-4-6-14(10)19-16(20)11(2)21-15-8-7-12(17)9-13(15)18/h3-9,11H,1-2H3,(H,19,20)/t11-/m0/s1. The third kappa shape index (κ3) is 4.32. The monoisotopic (exact) mass is 411 g/mol. The van der Waals surface area contributed by atoms with Crippen molar-refractivity contribution in [1.82, 2.24) is 0 Å². The summed E-state index contributed by atoms with van der Waals surface area (Å²) in [6, 6.07) is 13.2. The molecule has 0 fully saturated rings. The normalized spacial score (nSPS) is 11.8. The maximum absolute atomic E-state index is 12.2. The van der Waals surface area contributed by atoms with Crippen LogP contribution in [-0.2, 0) is 4.79 Å². The van der Waals surface area contributed by atoms with Gasteiger partial charge in [-0.3, -0.25) is 4.79 Å². The van der Waals surface area contributed by atoms with Crippen LogP contribution in [-0.4, -0.2) is 12.0 Å². The topological polar surface area (TPSA) is 38.3 Å². The molecule has 3 nitrogen and oxygen atoms in total. The van der Waals surface area contributed by atoms with Gasteiger partial charge in [-0.15, -0.1) is 0 Å². The maximum atomic E-state index is 12.2. The number of amides is 1. The molecule has 110 valence electrons. The highest BCUT2D eigenvalue weighted by atomic mass is 79.9. The van der Waals surface area contributed by atoms with Crippen LogP contribution in [0.1, 0.15) is 12.5 Å². The molecule has 0 unspecified atom stereocenters. The molecule has 2 aromatic rings. The molecule has 0 aliphatic rings. The van der Waals surface area contributed by atoms with Gasteiger partial charge in [0, 0.05) is 10.2 Å². The Hall–Kier alpha value is -1.33. The Balaban J connectivity index is 2.04. The number of halogens is 2. The van der Waals surface area contributed by atoms with Crippen molar-refractivity contribution in [1.29, 1.82) is 0 Å². The summed E-state index contributed by atoms with van der Waals surface area (Å²) in [4.78, 5) is 12.2. The van der Waals surface area contributed by atoms with Gasteiger partial charge in [-0.2, -0.15) is 0 Å². The number of hydrogen-bond acceptors (Lipinski definition) is 2. The summed E-state index contributed by atoms with van der Waals surface area (Å²) in [6.45, 7) is 3.68. The lowest BCUT2D eigenvalue weighted by atomic mass is 10.2. The van der Waals surface area contributed by atoms with E-state index in [2.05, 4.69) is 37.2 Å². The van der Waals surface area contributed by atoms with Crippen molar-refractivity contribution in [3.63, 3.8) is 0 Å². The van der Waals surface area contributed by atoms with Crippen LogP contribution in [0.3, 0.4) is 0 Å². The number of carbonyl (C=O) groups excluding carboxylic acids is 1. The van der Waals surface area contributed by atoms with Gasteiger partial charge in [-0.05, 0) is 59.6 Å². The lowest BCUT2D eigenvalue weighted by molar-refractivity contribution is -0.122. The number of nitrogens with one attached hydrogen (secondary N) is 1. The molecule has 0 radical (unpaired) electrons. The fourth-order valence-corrected chi connectivity index (χ4v) is 2.90. The van der Waals surface area contributed by atoms with Crippen LogP contribution in [0.25, 0.3) is 0 Å². The molecule has 0 heterocycles. The van der Waals surface area contributed by atoms with Crippen LogP contribution < -0.4 is 10.1 Å². The number of para-hydroxylation sites is 1. The van der Waals surface area contributed by atoms with Crippen LogP contribution in [0.2, 0.25) is 0 Å². The molecule has 0 aliphatic carbocycles. The zero-order valence-corrected chi connectivity index (χ0v) is 14.9. The third-order valence-electron chi connectivity index (χ3n) is 2.97. The van der Waals surface area contributed by atoms with Gasteiger partial charge in [0.2, 0.25) is 0 Å². The summed E-state index contributed by atoms with van der Waals surface area (Å²) in [5.41, 5.74) is 1.82. The van der Waals surface area contributed by atoms with Crippen LogP contribution in [0, 0.1) is 6.92 Å². The lowest BCUT2D eigenvalue weighted by Crippen LogP contribution is -2.30. The first kappa shape index (κ1) is 16.0. The van der Waals surface area contributed by atoms with E-state index in [0.29, 0.717) is 5.75 Å². The van der Waals surface area contributed by atoms with Gasteiger partial charge in [0.15, 0.2) is 6.10 Å². The fraction of sp³-hybridized carbons (Fsp3) is 0.188. The largest absolute Gasteiger partial charge is 0.480 e. The number of rotatable bonds is 4. The van der Waals surface area contributed by atoms with Gasteiger partial charge >= 0.3 is 0 Å². The number of hydrogen-bond donors (Lipinski definition) is 1. The molecule has 1 amide bonds. The Bertz CT molecular complexity index is 658. The minimum absolute atomic E-state index is 0.181. The molecular formula is C16H15Br2NO2. The Morgan fingerprint density at radius 3 is 2.57 bits per heavy atom. The molecule has 0 aliphatic heterocycles. The average molecular weight is 413 g/mol. The van der Waals surface area contributed by atoms with E-state index in [1.165, 1.54) is 0 Å². The lowest BCUT2D eigenvalue weighted by Gasteiger charge is -2.16. The number of anilines is 1. The fourth-order valence-electron chi connectivity index (χ4n) is 1.76. The predicted molar refractivity (Wildman–Crippen MR) is 91.7 cm³/mol. The second-order valence-corrected chi connectivity index (χ2v) is 6.41. The summed E-state index contributed by atoms with van der Waals surface area (Å²) in [7, 11) is 0. The minimum Gasteiger partial charge on any atom is -0.480 e. The molecule has 0 spiro atoms. The highest BCUT2D eigenvalue weighted by Crippen LogP contribution is 2.29. The first-order valence-electron chi connectivity index (χ1n) is 6.45. The smallest absolute Gasteiger partial charge is 0.265 e. The van der Waals surface area contributed by atoms with Gasteiger partial charge in [0.1, 0.15) is 5.75 Å². The zero-order chi connectivity index (χ0) is 15.4. The summed E-state index contributed by atoms with van der Waals surface area (Å²) in [6.07, 6.45) is -0.595. The van der Waals surface area contributed by atoms with Gasteiger partial charge < -0.3 is 10.1 Å². The van der Waals surface area contributed by atoms with Crippen LogP contribution >= 0.6 is 31.9 Å². The van der Waals surface area contributed by atoms with Crippen LogP contribution in [0.15, 0.2) is 51.4 Å². The van der Waals surface area contributed by atoms with E-state index in [1.807, 2.05) is 49.4 Å². The first-order valence-corrected chi connectivity index (χ1v) is 8.04. The predicted octanol–water partition coefficient (Wildman–Crippen LogP) is 4.93. The molecule has 0 saturated carbocycles. The summed E-state index contributed by atoms with van der Waals surface area (Å²) >= 11 is 6.80. The van der Waals surface area contributed by atoms with Crippen LogP contribution in [0.4, 0.5) is 5.69 Å². The van der Waals surface area contributed by atoms with Crippen molar-refractivity contribution in [3.05, 3.63) is 57.0 Å². The van der Waals surface area contributed by atoms with Gasteiger partial charge in [0.05, 0.1) is 4.47 Å². The van der Waals surface area contributed by atoms with E-state index < -0.39 is 6.10 Å². The van der Waals surface area contributed by atoms with Crippen molar-refractivity contribution < 1.29 is 9.53 Å². The molecule has 5 heteroatoms. The highest BCUT2D eigenvalue weighted by molar-refractivity contribution is 9.11. The number of benzene rings is 2. The number of aryl methyl sites for hydroxylation is 1. The summed E-state index contributed by atoms with van der Waals surface area (Å²) < 4.78 is 7.44. The Morgan fingerprint density at radius 1 is 1.19 bits per heavy atom. The molecule has 2 aromatic carbocycles. The Labute approximate surface area is 141 Å². The number of ether oxygens (including phenoxy) is 1. The molecular weight excluding hydrogens is 398 g/mol. The minimum atomic E-state index is -0.595. The first-order chi connectivity index (χ1) is 9.97. The Kier molecular flexibility index (Phi) is 5.42. The molecule has 0 saturated heterocycles. The zero-order valence-electron chi connectivity index (χ0n) is 11.7. The van der Waals surface area contributed by atoms with Gasteiger partial charge in [-0.1, -0.05) is 34.1 Å². The summed E-state index contributed by atoms with van der Waals surface area (Å²) in [5.74, 6) is 0.449. The van der Waals surface area contributed by atoms with Crippen molar-refractivity contribution in [2.75, 3.05) is 5.32 Å². The average Bonchev–Trinajstić information content (AvgIpc) is 2.44. The molecule has 2 rings (SSSR count). The molecule has 21 heavy (non-hydrogen) atoms. The van der Waals surface area contributed by atoms with Crippen molar-refractivity contribution >= 4 is 43.5 Å². The van der Waals surface area contributed by atoms with E-state index in [4.69, 9.17) is 4.74 Å². The Morgan fingerprint density at radius 2 is 1.90 bits per heavy atom. The molecule has 1 atom stereocenters. The molecule has 0 aromatic heterocycles. The second kappa shape index (κ2) is 7.09. The second-order valence-electron chi connectivity index (χ2n) is 4.64. The highest BCUT2D eigenvalue weighted by Gasteiger charge is 2.16. The molecule has 0 bridgehead atoms. The van der Waals surface area contributed by atoms with E-state index >= 15 is 0 Å². The van der Waals surface area contributed by atoms with E-state index in [9.17, 15) is 4.79 Å². The SMILES string of the molecule is Cc1ccccc1NC(=O)[C@H](C)Oc1ccc(Br)cc1Br. The van der Waals surface area contributed by atoms with Crippen molar-refractivity contribution in [3.8, 4) is 5.75 Å². The van der Waals surface area contributed by atoms with E-state index in [1.54, 1.807) is 6.92 Å². The van der Waals surface area contributed by atoms with Gasteiger partial charge in [0.25, 0.3) is 5.91 Å². The van der Waals surface area contributed by atoms with E-state index in [0.717, 1.165) is 20.2 Å². The van der Waals surface area contributed by atoms with Crippen molar-refractivity contribution in [2.45, 2.75) is 20.0 Å². The molecule has 1 N–H and O–H groups in total. The third-order valence-corrected chi connectivity index (χ3v) is 4.08. The van der Waals surface area contributed by atoms with Crippen molar-refractivity contribution in [2.24, 2.45) is 0 Å². The number of carbonyl (C=O) groups is 1. The quantitative estimate of drug-likeness (QED) is 0.773. The summed E-state index contributed by atoms with van der Waals surface area (Å²) in [5, 5.41) is 2.87.